The molecule has 2 nitrogen and oxygen atoms in total. The second-order valence-corrected chi connectivity index (χ2v) is 5.76. The molecule has 3 heteroatoms. The van der Waals surface area contributed by atoms with Crippen molar-refractivity contribution in [3.05, 3.63) is 0 Å². The molecular weight excluding hydrogens is 194 g/mol. The predicted octanol–water partition coefficient (Wildman–Crippen LogP) is 2.14. The molecular formula is C11H23NOS. The molecule has 0 saturated carbocycles. The van der Waals surface area contributed by atoms with Crippen LogP contribution in [0.4, 0.5) is 0 Å². The highest BCUT2D eigenvalue weighted by molar-refractivity contribution is 7.99. The molecule has 1 aliphatic heterocycles. The fourth-order valence-corrected chi connectivity index (χ4v) is 3.18. The van der Waals surface area contributed by atoms with E-state index in [1.165, 1.54) is 17.9 Å². The third kappa shape index (κ3) is 4.67. The minimum atomic E-state index is 0.506. The number of hydrogen-bond donors (Lipinski definition) is 1. The van der Waals surface area contributed by atoms with Crippen LogP contribution in [0, 0.1) is 5.41 Å². The van der Waals surface area contributed by atoms with Crippen LogP contribution in [0.2, 0.25) is 0 Å². The predicted molar refractivity (Wildman–Crippen MR) is 64.0 cm³/mol. The average Bonchev–Trinajstić information content (AvgIpc) is 2.11. The summed E-state index contributed by atoms with van der Waals surface area (Å²) in [4.78, 5) is 0. The van der Waals surface area contributed by atoms with Gasteiger partial charge in [-0.15, -0.1) is 0 Å². The SMILES string of the molecule is CCOCCNC1CSCC(C)(C)C1. The molecule has 1 saturated heterocycles. The fourth-order valence-electron chi connectivity index (χ4n) is 1.87. The molecule has 0 aromatic rings. The van der Waals surface area contributed by atoms with Crippen molar-refractivity contribution in [2.75, 3.05) is 31.3 Å². The minimum Gasteiger partial charge on any atom is -0.380 e. The molecule has 0 spiro atoms. The molecule has 1 N–H and O–H groups in total. The fraction of sp³-hybridized carbons (Fsp3) is 1.00. The summed E-state index contributed by atoms with van der Waals surface area (Å²) in [6, 6.07) is 0.684. The Morgan fingerprint density at radius 1 is 1.50 bits per heavy atom. The number of ether oxygens (including phenoxy) is 1. The Morgan fingerprint density at radius 3 is 2.93 bits per heavy atom. The zero-order valence-electron chi connectivity index (χ0n) is 9.64. The van der Waals surface area contributed by atoms with Gasteiger partial charge in [0.05, 0.1) is 6.61 Å². The van der Waals surface area contributed by atoms with Gasteiger partial charge in [0.2, 0.25) is 0 Å². The number of hydrogen-bond acceptors (Lipinski definition) is 3. The average molecular weight is 217 g/mol. The molecule has 1 atom stereocenters. The van der Waals surface area contributed by atoms with Crippen molar-refractivity contribution in [1.82, 2.24) is 5.32 Å². The first kappa shape index (κ1) is 12.3. The highest BCUT2D eigenvalue weighted by atomic mass is 32.2. The first-order valence-electron chi connectivity index (χ1n) is 5.53. The molecule has 0 aromatic heterocycles. The van der Waals surface area contributed by atoms with Gasteiger partial charge in [-0.05, 0) is 24.5 Å². The van der Waals surface area contributed by atoms with Gasteiger partial charge in [-0.3, -0.25) is 0 Å². The lowest BCUT2D eigenvalue weighted by molar-refractivity contribution is 0.145. The third-order valence-corrected chi connectivity index (χ3v) is 4.12. The van der Waals surface area contributed by atoms with Crippen LogP contribution < -0.4 is 5.32 Å². The van der Waals surface area contributed by atoms with E-state index in [9.17, 15) is 0 Å². The van der Waals surface area contributed by atoms with E-state index in [2.05, 4.69) is 30.9 Å². The molecule has 1 fully saturated rings. The zero-order chi connectivity index (χ0) is 10.4. The first-order chi connectivity index (χ1) is 6.64. The summed E-state index contributed by atoms with van der Waals surface area (Å²) < 4.78 is 5.31. The van der Waals surface area contributed by atoms with Crippen molar-refractivity contribution in [3.8, 4) is 0 Å². The molecule has 1 heterocycles. The van der Waals surface area contributed by atoms with Crippen LogP contribution in [0.25, 0.3) is 0 Å². The van der Waals surface area contributed by atoms with E-state index in [1.54, 1.807) is 0 Å². The van der Waals surface area contributed by atoms with Crippen molar-refractivity contribution in [1.29, 1.82) is 0 Å². The number of rotatable bonds is 5. The van der Waals surface area contributed by atoms with Gasteiger partial charge < -0.3 is 10.1 Å². The lowest BCUT2D eigenvalue weighted by Gasteiger charge is -2.35. The van der Waals surface area contributed by atoms with Crippen LogP contribution >= 0.6 is 11.8 Å². The molecule has 1 unspecified atom stereocenters. The zero-order valence-corrected chi connectivity index (χ0v) is 10.5. The van der Waals surface area contributed by atoms with Crippen LogP contribution in [-0.4, -0.2) is 37.3 Å². The Hall–Kier alpha value is 0.270. The Morgan fingerprint density at radius 2 is 2.29 bits per heavy atom. The van der Waals surface area contributed by atoms with E-state index in [4.69, 9.17) is 4.74 Å². The first-order valence-corrected chi connectivity index (χ1v) is 6.68. The topological polar surface area (TPSA) is 21.3 Å². The van der Waals surface area contributed by atoms with Gasteiger partial charge in [-0.25, -0.2) is 0 Å². The van der Waals surface area contributed by atoms with Crippen molar-refractivity contribution >= 4 is 11.8 Å². The van der Waals surface area contributed by atoms with Crippen LogP contribution in [0.1, 0.15) is 27.2 Å². The van der Waals surface area contributed by atoms with Gasteiger partial charge in [-0.2, -0.15) is 11.8 Å². The monoisotopic (exact) mass is 217 g/mol. The summed E-state index contributed by atoms with van der Waals surface area (Å²) in [6.45, 7) is 9.42. The van der Waals surface area contributed by atoms with Crippen LogP contribution in [0.5, 0.6) is 0 Å². The number of nitrogens with one attached hydrogen (secondary N) is 1. The second-order valence-electron chi connectivity index (χ2n) is 4.73. The lowest BCUT2D eigenvalue weighted by atomic mass is 9.88. The van der Waals surface area contributed by atoms with Crippen LogP contribution in [0.15, 0.2) is 0 Å². The van der Waals surface area contributed by atoms with Gasteiger partial charge in [0.25, 0.3) is 0 Å². The summed E-state index contributed by atoms with van der Waals surface area (Å²) in [6.07, 6.45) is 1.30. The molecule has 1 rings (SSSR count). The maximum Gasteiger partial charge on any atom is 0.0590 e. The van der Waals surface area contributed by atoms with E-state index in [1.807, 2.05) is 6.92 Å². The highest BCUT2D eigenvalue weighted by Gasteiger charge is 2.27. The molecule has 0 aromatic carbocycles. The van der Waals surface area contributed by atoms with E-state index in [-0.39, 0.29) is 0 Å². The number of thioether (sulfide) groups is 1. The normalized spacial score (nSPS) is 26.4. The van der Waals surface area contributed by atoms with Crippen LogP contribution in [0.3, 0.4) is 0 Å². The van der Waals surface area contributed by atoms with E-state index < -0.39 is 0 Å². The van der Waals surface area contributed by atoms with Crippen molar-refractivity contribution in [3.63, 3.8) is 0 Å². The molecule has 0 aliphatic carbocycles. The molecule has 0 radical (unpaired) electrons. The highest BCUT2D eigenvalue weighted by Crippen LogP contribution is 2.33. The maximum atomic E-state index is 5.31. The van der Waals surface area contributed by atoms with Crippen molar-refractivity contribution < 1.29 is 4.74 Å². The van der Waals surface area contributed by atoms with Crippen LogP contribution in [-0.2, 0) is 4.74 Å². The van der Waals surface area contributed by atoms with Gasteiger partial charge in [0.1, 0.15) is 0 Å². The summed E-state index contributed by atoms with van der Waals surface area (Å²) >= 11 is 2.07. The summed E-state index contributed by atoms with van der Waals surface area (Å²) in [5.74, 6) is 2.56. The Balaban J connectivity index is 2.12. The minimum absolute atomic E-state index is 0.506. The van der Waals surface area contributed by atoms with E-state index in [0.29, 0.717) is 11.5 Å². The van der Waals surface area contributed by atoms with Gasteiger partial charge in [0, 0.05) is 24.9 Å². The summed E-state index contributed by atoms with van der Waals surface area (Å²) in [5, 5.41) is 3.57. The van der Waals surface area contributed by atoms with Crippen molar-refractivity contribution in [2.45, 2.75) is 33.2 Å². The molecule has 1 aliphatic rings. The summed E-state index contributed by atoms with van der Waals surface area (Å²) in [5.41, 5.74) is 0.506. The van der Waals surface area contributed by atoms with E-state index in [0.717, 1.165) is 19.8 Å². The molecule has 14 heavy (non-hydrogen) atoms. The maximum absolute atomic E-state index is 5.31. The molecule has 0 bridgehead atoms. The Labute approximate surface area is 92.2 Å². The third-order valence-electron chi connectivity index (χ3n) is 2.49. The Bertz CT molecular complexity index is 161. The quantitative estimate of drug-likeness (QED) is 0.713. The molecule has 84 valence electrons. The second kappa shape index (κ2) is 5.99. The van der Waals surface area contributed by atoms with Gasteiger partial charge in [-0.1, -0.05) is 13.8 Å². The molecule has 0 amide bonds. The Kier molecular flexibility index (Phi) is 5.28. The standard InChI is InChI=1S/C11H23NOS/c1-4-13-6-5-12-10-7-11(2,3)9-14-8-10/h10,12H,4-9H2,1-3H3. The lowest BCUT2D eigenvalue weighted by Crippen LogP contribution is -2.41. The smallest absolute Gasteiger partial charge is 0.0590 e. The van der Waals surface area contributed by atoms with E-state index >= 15 is 0 Å². The van der Waals surface area contributed by atoms with Gasteiger partial charge >= 0.3 is 0 Å². The summed E-state index contributed by atoms with van der Waals surface area (Å²) in [7, 11) is 0. The van der Waals surface area contributed by atoms with Gasteiger partial charge in [0.15, 0.2) is 0 Å². The van der Waals surface area contributed by atoms with Crippen molar-refractivity contribution in [2.24, 2.45) is 5.41 Å². The largest absolute Gasteiger partial charge is 0.380 e.